The Hall–Kier alpha value is -4.51. The largest absolute Gasteiger partial charge is 0.325 e. The Morgan fingerprint density at radius 3 is 2.54 bits per heavy atom. The lowest BCUT2D eigenvalue weighted by atomic mass is 10.2. The van der Waals surface area contributed by atoms with Crippen molar-refractivity contribution in [1.29, 1.82) is 0 Å². The molecular formula is C24H18N6O4S. The molecule has 11 heteroatoms. The van der Waals surface area contributed by atoms with E-state index in [1.165, 1.54) is 34.5 Å². The molecule has 0 radical (unpaired) electrons. The zero-order valence-corrected chi connectivity index (χ0v) is 19.2. The molecule has 0 spiro atoms. The Morgan fingerprint density at radius 1 is 1.03 bits per heavy atom. The summed E-state index contributed by atoms with van der Waals surface area (Å²) in [6.45, 7) is 1.70. The van der Waals surface area contributed by atoms with Gasteiger partial charge in [0.1, 0.15) is 0 Å². The van der Waals surface area contributed by atoms with E-state index in [2.05, 4.69) is 15.5 Å². The topological polar surface area (TPSA) is 124 Å². The van der Waals surface area contributed by atoms with Crippen molar-refractivity contribution in [3.8, 4) is 5.69 Å². The van der Waals surface area contributed by atoms with Crippen molar-refractivity contribution in [2.75, 3.05) is 5.32 Å². The van der Waals surface area contributed by atoms with Gasteiger partial charge in [-0.15, -0.1) is 10.2 Å². The lowest BCUT2D eigenvalue weighted by molar-refractivity contribution is -0.384. The maximum Gasteiger partial charge on any atom is 0.271 e. The minimum atomic E-state index is -0.613. The molecule has 5 rings (SSSR count). The molecule has 1 unspecified atom stereocenters. The third-order valence-corrected chi connectivity index (χ3v) is 6.43. The smallest absolute Gasteiger partial charge is 0.271 e. The molecule has 0 aliphatic heterocycles. The molecule has 0 fully saturated rings. The number of nitro benzene ring substituents is 1. The highest BCUT2D eigenvalue weighted by Crippen LogP contribution is 2.27. The molecule has 1 atom stereocenters. The second-order valence-electron chi connectivity index (χ2n) is 7.67. The quantitative estimate of drug-likeness (QED) is 0.218. The molecular weight excluding hydrogens is 468 g/mol. The summed E-state index contributed by atoms with van der Waals surface area (Å²) in [5.74, 6) is -0.0263. The highest BCUT2D eigenvalue weighted by atomic mass is 32.2. The summed E-state index contributed by atoms with van der Waals surface area (Å²) >= 11 is 1.17. The fourth-order valence-electron chi connectivity index (χ4n) is 3.72. The predicted molar refractivity (Wildman–Crippen MR) is 133 cm³/mol. The van der Waals surface area contributed by atoms with E-state index in [0.717, 1.165) is 0 Å². The Kier molecular flexibility index (Phi) is 5.75. The third kappa shape index (κ3) is 4.13. The van der Waals surface area contributed by atoms with Gasteiger partial charge in [-0.25, -0.2) is 4.57 Å². The number of non-ortho nitro benzene ring substituents is 1. The van der Waals surface area contributed by atoms with Gasteiger partial charge in [0.2, 0.25) is 11.7 Å². The highest BCUT2D eigenvalue weighted by Gasteiger charge is 2.22. The molecule has 0 saturated carbocycles. The Balaban J connectivity index is 1.54. The second-order valence-corrected chi connectivity index (χ2v) is 8.98. The average Bonchev–Trinajstić information content (AvgIpc) is 3.28. The van der Waals surface area contributed by atoms with Gasteiger partial charge in [-0.05, 0) is 37.3 Å². The van der Waals surface area contributed by atoms with E-state index in [0.29, 0.717) is 33.2 Å². The summed E-state index contributed by atoms with van der Waals surface area (Å²) < 4.78 is 3.25. The van der Waals surface area contributed by atoms with E-state index < -0.39 is 10.2 Å². The Bertz CT molecular complexity index is 1650. The van der Waals surface area contributed by atoms with Crippen molar-refractivity contribution >= 4 is 45.7 Å². The molecule has 35 heavy (non-hydrogen) atoms. The molecule has 2 heterocycles. The number of carbonyl (C=O) groups excluding carboxylic acids is 1. The monoisotopic (exact) mass is 486 g/mol. The second kappa shape index (κ2) is 9.03. The molecule has 0 saturated heterocycles. The van der Waals surface area contributed by atoms with Crippen LogP contribution in [-0.4, -0.2) is 35.2 Å². The fourth-order valence-corrected chi connectivity index (χ4v) is 4.57. The number of carbonyl (C=O) groups is 1. The van der Waals surface area contributed by atoms with Crippen molar-refractivity contribution in [1.82, 2.24) is 19.2 Å². The number of hydrogen-bond donors (Lipinski definition) is 1. The van der Waals surface area contributed by atoms with Crippen LogP contribution in [-0.2, 0) is 4.79 Å². The van der Waals surface area contributed by atoms with Crippen molar-refractivity contribution in [2.45, 2.75) is 17.3 Å². The lowest BCUT2D eigenvalue weighted by Crippen LogP contribution is -2.23. The number of nitro groups is 1. The van der Waals surface area contributed by atoms with Crippen molar-refractivity contribution in [3.05, 3.63) is 99.3 Å². The molecule has 3 aromatic carbocycles. The maximum atomic E-state index is 13.3. The van der Waals surface area contributed by atoms with Crippen LogP contribution in [0, 0.1) is 10.1 Å². The minimum absolute atomic E-state index is 0.114. The lowest BCUT2D eigenvalue weighted by Gasteiger charge is -2.13. The number of rotatable bonds is 6. The summed E-state index contributed by atoms with van der Waals surface area (Å²) in [5, 5.41) is 22.6. The highest BCUT2D eigenvalue weighted by molar-refractivity contribution is 8.00. The zero-order valence-electron chi connectivity index (χ0n) is 18.4. The fraction of sp³-hybridized carbons (Fsp3) is 0.0833. The van der Waals surface area contributed by atoms with Crippen LogP contribution >= 0.6 is 11.8 Å². The molecule has 174 valence electrons. The first-order valence-corrected chi connectivity index (χ1v) is 11.5. The van der Waals surface area contributed by atoms with Gasteiger partial charge in [-0.2, -0.15) is 0 Å². The number of anilines is 1. The van der Waals surface area contributed by atoms with Crippen LogP contribution in [0.5, 0.6) is 0 Å². The first-order valence-electron chi connectivity index (χ1n) is 10.6. The molecule has 1 amide bonds. The zero-order chi connectivity index (χ0) is 24.5. The van der Waals surface area contributed by atoms with Crippen LogP contribution in [0.2, 0.25) is 0 Å². The predicted octanol–water partition coefficient (Wildman–Crippen LogP) is 4.06. The van der Waals surface area contributed by atoms with Crippen molar-refractivity contribution < 1.29 is 9.72 Å². The molecule has 10 nitrogen and oxygen atoms in total. The van der Waals surface area contributed by atoms with E-state index in [1.807, 2.05) is 36.4 Å². The summed E-state index contributed by atoms with van der Waals surface area (Å²) in [6, 6.07) is 22.1. The van der Waals surface area contributed by atoms with E-state index in [-0.39, 0.29) is 17.2 Å². The van der Waals surface area contributed by atoms with Gasteiger partial charge in [0, 0.05) is 17.8 Å². The van der Waals surface area contributed by atoms with Gasteiger partial charge in [-0.3, -0.25) is 24.1 Å². The van der Waals surface area contributed by atoms with Crippen molar-refractivity contribution in [2.24, 2.45) is 0 Å². The van der Waals surface area contributed by atoms with Gasteiger partial charge in [0.25, 0.3) is 11.2 Å². The van der Waals surface area contributed by atoms with Gasteiger partial charge in [0.15, 0.2) is 5.16 Å². The molecule has 0 aliphatic rings. The number of hydrogen-bond acceptors (Lipinski definition) is 7. The standard InChI is InChI=1S/C24H18N6O4S/c1-15(21(31)25-16-8-7-11-18(14-16)30(33)34)35-24-27-26-23-28(17-9-3-2-4-10-17)22(32)19-12-5-6-13-20(19)29(23)24/h2-15H,1H3,(H,25,31). The first-order chi connectivity index (χ1) is 16.9. The van der Waals surface area contributed by atoms with Gasteiger partial charge in [0.05, 0.1) is 26.8 Å². The van der Waals surface area contributed by atoms with Crippen LogP contribution in [0.25, 0.3) is 22.4 Å². The van der Waals surface area contributed by atoms with E-state index in [9.17, 15) is 19.7 Å². The number of fused-ring (bicyclic) bond motifs is 3. The molecule has 5 aromatic rings. The van der Waals surface area contributed by atoms with Gasteiger partial charge < -0.3 is 5.32 Å². The molecule has 2 aromatic heterocycles. The first kappa shape index (κ1) is 22.3. The number of benzene rings is 3. The molecule has 1 N–H and O–H groups in total. The average molecular weight is 487 g/mol. The Morgan fingerprint density at radius 2 is 1.77 bits per heavy atom. The third-order valence-electron chi connectivity index (χ3n) is 5.39. The van der Waals surface area contributed by atoms with Crippen LogP contribution in [0.15, 0.2) is 88.8 Å². The number of aromatic nitrogens is 4. The van der Waals surface area contributed by atoms with Crippen LogP contribution in [0.3, 0.4) is 0 Å². The van der Waals surface area contributed by atoms with Crippen LogP contribution < -0.4 is 10.9 Å². The summed E-state index contributed by atoms with van der Waals surface area (Å²) in [6.07, 6.45) is 0. The number of thioether (sulfide) groups is 1. The number of nitrogens with zero attached hydrogens (tertiary/aromatic N) is 5. The number of para-hydroxylation sites is 2. The maximum absolute atomic E-state index is 13.3. The van der Waals surface area contributed by atoms with Crippen molar-refractivity contribution in [3.63, 3.8) is 0 Å². The number of amides is 1. The van der Waals surface area contributed by atoms with E-state index in [4.69, 9.17) is 0 Å². The Labute approximate surface area is 202 Å². The van der Waals surface area contributed by atoms with E-state index in [1.54, 1.807) is 35.6 Å². The summed E-state index contributed by atoms with van der Waals surface area (Å²) in [4.78, 5) is 36.7. The summed E-state index contributed by atoms with van der Waals surface area (Å²) in [5.41, 5.74) is 1.26. The van der Waals surface area contributed by atoms with Gasteiger partial charge in [-0.1, -0.05) is 48.2 Å². The number of nitrogens with one attached hydrogen (secondary N) is 1. The van der Waals surface area contributed by atoms with Gasteiger partial charge >= 0.3 is 0 Å². The van der Waals surface area contributed by atoms with E-state index >= 15 is 0 Å². The molecule has 0 aliphatic carbocycles. The van der Waals surface area contributed by atoms with Crippen LogP contribution in [0.4, 0.5) is 11.4 Å². The minimum Gasteiger partial charge on any atom is -0.325 e. The molecule has 0 bridgehead atoms. The SMILES string of the molecule is CC(Sc1nnc2n(-c3ccccc3)c(=O)c3ccccc3n12)C(=O)Nc1cccc([N+](=O)[O-])c1. The normalized spacial score (nSPS) is 12.0. The summed E-state index contributed by atoms with van der Waals surface area (Å²) in [7, 11) is 0. The van der Waals surface area contributed by atoms with Crippen LogP contribution in [0.1, 0.15) is 6.92 Å².